The Morgan fingerprint density at radius 2 is 1.44 bits per heavy atom. The SMILES string of the molecule is O=c1c2ccccc2nc(SCc2nnc(Cc3ccccc3)o2)n1Cc1ccccc1. The van der Waals surface area contributed by atoms with E-state index in [1.54, 1.807) is 4.57 Å². The number of hydrogen-bond donors (Lipinski definition) is 0. The van der Waals surface area contributed by atoms with Gasteiger partial charge in [-0.05, 0) is 23.3 Å². The number of nitrogens with zero attached hydrogens (tertiary/aromatic N) is 4. The first-order valence-electron chi connectivity index (χ1n) is 10.3. The Morgan fingerprint density at radius 1 is 0.781 bits per heavy atom. The van der Waals surface area contributed by atoms with E-state index in [4.69, 9.17) is 9.40 Å². The molecule has 5 rings (SSSR count). The third kappa shape index (κ3) is 4.48. The fourth-order valence-electron chi connectivity index (χ4n) is 3.48. The van der Waals surface area contributed by atoms with Crippen molar-refractivity contribution in [3.63, 3.8) is 0 Å². The van der Waals surface area contributed by atoms with Gasteiger partial charge in [-0.2, -0.15) is 0 Å². The molecular weight excluding hydrogens is 420 g/mol. The molecule has 6 nitrogen and oxygen atoms in total. The molecule has 32 heavy (non-hydrogen) atoms. The van der Waals surface area contributed by atoms with E-state index in [2.05, 4.69) is 10.2 Å². The van der Waals surface area contributed by atoms with Crippen molar-refractivity contribution in [2.45, 2.75) is 23.9 Å². The lowest BCUT2D eigenvalue weighted by Gasteiger charge is -2.12. The van der Waals surface area contributed by atoms with E-state index in [1.165, 1.54) is 11.8 Å². The van der Waals surface area contributed by atoms with Gasteiger partial charge in [0.2, 0.25) is 11.8 Å². The highest BCUT2D eigenvalue weighted by atomic mass is 32.2. The lowest BCUT2D eigenvalue weighted by Crippen LogP contribution is -2.24. The van der Waals surface area contributed by atoms with Crippen LogP contribution >= 0.6 is 11.8 Å². The number of aromatic nitrogens is 4. The van der Waals surface area contributed by atoms with Crippen LogP contribution in [-0.4, -0.2) is 19.7 Å². The average molecular weight is 441 g/mol. The zero-order chi connectivity index (χ0) is 21.8. The van der Waals surface area contributed by atoms with Crippen molar-refractivity contribution in [1.29, 1.82) is 0 Å². The molecule has 0 N–H and O–H groups in total. The largest absolute Gasteiger partial charge is 0.424 e. The van der Waals surface area contributed by atoms with Crippen LogP contribution in [0.25, 0.3) is 10.9 Å². The predicted molar refractivity (Wildman–Crippen MR) is 125 cm³/mol. The number of fused-ring (bicyclic) bond motifs is 1. The third-order valence-electron chi connectivity index (χ3n) is 5.04. The first kappa shape index (κ1) is 20.2. The monoisotopic (exact) mass is 440 g/mol. The topological polar surface area (TPSA) is 73.8 Å². The van der Waals surface area contributed by atoms with E-state index in [0.29, 0.717) is 46.6 Å². The minimum absolute atomic E-state index is 0.0581. The van der Waals surface area contributed by atoms with Crippen LogP contribution in [0.4, 0.5) is 0 Å². The molecule has 0 saturated carbocycles. The molecule has 0 fully saturated rings. The zero-order valence-electron chi connectivity index (χ0n) is 17.2. The molecule has 0 bridgehead atoms. The maximum atomic E-state index is 13.2. The van der Waals surface area contributed by atoms with E-state index in [1.807, 2.05) is 84.9 Å². The summed E-state index contributed by atoms with van der Waals surface area (Å²) in [6, 6.07) is 27.3. The van der Waals surface area contributed by atoms with Crippen LogP contribution in [0.3, 0.4) is 0 Å². The van der Waals surface area contributed by atoms with Crippen molar-refractivity contribution >= 4 is 22.7 Å². The second-order valence-corrected chi connectivity index (χ2v) is 8.27. The summed E-state index contributed by atoms with van der Waals surface area (Å²) in [5, 5.41) is 9.57. The molecule has 0 atom stereocenters. The molecule has 158 valence electrons. The number of rotatable bonds is 7. The molecule has 7 heteroatoms. The van der Waals surface area contributed by atoms with Crippen molar-refractivity contribution in [3.8, 4) is 0 Å². The van der Waals surface area contributed by atoms with Gasteiger partial charge in [0.1, 0.15) is 0 Å². The van der Waals surface area contributed by atoms with Crippen molar-refractivity contribution in [3.05, 3.63) is 118 Å². The Balaban J connectivity index is 1.41. The summed E-state index contributed by atoms with van der Waals surface area (Å²) in [5.74, 6) is 1.51. The van der Waals surface area contributed by atoms with Gasteiger partial charge >= 0.3 is 0 Å². The minimum Gasteiger partial charge on any atom is -0.424 e. The molecule has 0 radical (unpaired) electrons. The van der Waals surface area contributed by atoms with Crippen LogP contribution in [0.1, 0.15) is 22.9 Å². The van der Waals surface area contributed by atoms with E-state index >= 15 is 0 Å². The molecule has 0 aliphatic carbocycles. The summed E-state index contributed by atoms with van der Waals surface area (Å²) >= 11 is 1.42. The number of thioether (sulfide) groups is 1. The predicted octanol–water partition coefficient (Wildman–Crippen LogP) is 4.71. The Hall–Kier alpha value is -3.71. The van der Waals surface area contributed by atoms with Gasteiger partial charge in [-0.15, -0.1) is 10.2 Å². The third-order valence-corrected chi connectivity index (χ3v) is 6.00. The Bertz CT molecular complexity index is 1400. The maximum Gasteiger partial charge on any atom is 0.262 e. The summed E-state index contributed by atoms with van der Waals surface area (Å²) in [7, 11) is 0. The molecular formula is C25H20N4O2S. The minimum atomic E-state index is -0.0581. The molecule has 0 spiro atoms. The number of benzene rings is 3. The Morgan fingerprint density at radius 3 is 2.22 bits per heavy atom. The Labute approximate surface area is 189 Å². The summed E-state index contributed by atoms with van der Waals surface area (Å²) in [6.07, 6.45) is 0.589. The molecule has 0 amide bonds. The quantitative estimate of drug-likeness (QED) is 0.270. The highest BCUT2D eigenvalue weighted by molar-refractivity contribution is 7.98. The molecule has 0 aliphatic heterocycles. The standard InChI is InChI=1S/C25H20N4O2S/c30-24-20-13-7-8-14-21(20)26-25(29(24)16-19-11-5-2-6-12-19)32-17-23-28-27-22(31-23)15-18-9-3-1-4-10-18/h1-14H,15-17H2. The normalized spacial score (nSPS) is 11.1. The smallest absolute Gasteiger partial charge is 0.262 e. The van der Waals surface area contributed by atoms with E-state index in [0.717, 1.165) is 11.1 Å². The van der Waals surface area contributed by atoms with Gasteiger partial charge in [0.15, 0.2) is 5.16 Å². The second kappa shape index (κ2) is 9.20. The molecule has 2 aromatic heterocycles. The second-order valence-electron chi connectivity index (χ2n) is 7.33. The van der Waals surface area contributed by atoms with E-state index < -0.39 is 0 Å². The molecule has 0 aliphatic rings. The lowest BCUT2D eigenvalue weighted by atomic mass is 10.2. The lowest BCUT2D eigenvalue weighted by molar-refractivity contribution is 0.473. The van der Waals surface area contributed by atoms with Crippen LogP contribution < -0.4 is 5.56 Å². The summed E-state index contributed by atoms with van der Waals surface area (Å²) in [6.45, 7) is 0.447. The molecule has 2 heterocycles. The van der Waals surface area contributed by atoms with E-state index in [9.17, 15) is 4.79 Å². The highest BCUT2D eigenvalue weighted by Gasteiger charge is 2.14. The fourth-order valence-corrected chi connectivity index (χ4v) is 4.31. The van der Waals surface area contributed by atoms with E-state index in [-0.39, 0.29) is 5.56 Å². The summed E-state index contributed by atoms with van der Waals surface area (Å²) in [4.78, 5) is 18.0. The van der Waals surface area contributed by atoms with Crippen LogP contribution in [-0.2, 0) is 18.7 Å². The van der Waals surface area contributed by atoms with Gasteiger partial charge in [0.05, 0.1) is 29.6 Å². The van der Waals surface area contributed by atoms with Gasteiger partial charge in [0, 0.05) is 0 Å². The summed E-state index contributed by atoms with van der Waals surface area (Å²) < 4.78 is 7.54. The molecule has 0 saturated heterocycles. The van der Waals surface area contributed by atoms with Crippen molar-refractivity contribution in [1.82, 2.24) is 19.7 Å². The fraction of sp³-hybridized carbons (Fsp3) is 0.120. The van der Waals surface area contributed by atoms with Crippen LogP contribution in [0, 0.1) is 0 Å². The molecule has 5 aromatic rings. The first-order valence-corrected chi connectivity index (χ1v) is 11.3. The van der Waals surface area contributed by atoms with Crippen molar-refractivity contribution in [2.24, 2.45) is 0 Å². The van der Waals surface area contributed by atoms with Gasteiger partial charge in [-0.3, -0.25) is 9.36 Å². The first-order chi connectivity index (χ1) is 15.8. The highest BCUT2D eigenvalue weighted by Crippen LogP contribution is 2.23. The summed E-state index contributed by atoms with van der Waals surface area (Å²) in [5.41, 5.74) is 2.77. The molecule has 0 unspecified atom stereocenters. The molecule has 3 aromatic carbocycles. The van der Waals surface area contributed by atoms with Gasteiger partial charge in [-0.25, -0.2) is 4.98 Å². The number of para-hydroxylation sites is 1. The van der Waals surface area contributed by atoms with Crippen LogP contribution in [0.5, 0.6) is 0 Å². The number of hydrogen-bond acceptors (Lipinski definition) is 6. The van der Waals surface area contributed by atoms with Gasteiger partial charge in [0.25, 0.3) is 5.56 Å². The van der Waals surface area contributed by atoms with Crippen molar-refractivity contribution in [2.75, 3.05) is 0 Å². The van der Waals surface area contributed by atoms with Crippen LogP contribution in [0.2, 0.25) is 0 Å². The van der Waals surface area contributed by atoms with Crippen LogP contribution in [0.15, 0.2) is 99.3 Å². The van der Waals surface area contributed by atoms with Gasteiger partial charge in [-0.1, -0.05) is 84.6 Å². The Kier molecular flexibility index (Phi) is 5.81. The van der Waals surface area contributed by atoms with Gasteiger partial charge < -0.3 is 4.42 Å². The average Bonchev–Trinajstić information content (AvgIpc) is 3.28. The van der Waals surface area contributed by atoms with Crippen molar-refractivity contribution < 1.29 is 4.42 Å². The zero-order valence-corrected chi connectivity index (χ0v) is 18.0. The maximum absolute atomic E-state index is 13.2.